The van der Waals surface area contributed by atoms with Gasteiger partial charge in [0.15, 0.2) is 0 Å². The first-order chi connectivity index (χ1) is 12.5. The number of carbonyl (C=O) groups is 2. The first-order valence-corrected chi connectivity index (χ1v) is 8.52. The maximum absolute atomic E-state index is 12.0. The molecule has 0 saturated carbocycles. The van der Waals surface area contributed by atoms with Gasteiger partial charge in [-0.25, -0.2) is 9.59 Å². The van der Waals surface area contributed by atoms with E-state index >= 15 is 0 Å². The molecule has 0 aliphatic carbocycles. The normalized spacial score (nSPS) is 10.1. The van der Waals surface area contributed by atoms with Gasteiger partial charge in [-0.3, -0.25) is 0 Å². The van der Waals surface area contributed by atoms with E-state index in [0.29, 0.717) is 24.4 Å². The number of nitrogens with one attached hydrogen (secondary N) is 2. The Balaban J connectivity index is 1.82. The molecule has 0 aliphatic rings. The number of aryl methyl sites for hydroxylation is 2. The van der Waals surface area contributed by atoms with Crippen LogP contribution in [0.5, 0.6) is 5.75 Å². The van der Waals surface area contributed by atoms with Crippen molar-refractivity contribution in [1.29, 1.82) is 0 Å². The van der Waals surface area contributed by atoms with Gasteiger partial charge in [0.2, 0.25) is 0 Å². The Morgan fingerprint density at radius 2 is 1.81 bits per heavy atom. The van der Waals surface area contributed by atoms with Crippen LogP contribution < -0.4 is 15.4 Å². The van der Waals surface area contributed by atoms with Crippen LogP contribution in [0, 0.1) is 13.8 Å². The Kier molecular flexibility index (Phi) is 7.02. The fraction of sp³-hybridized carbons (Fsp3) is 0.300. The molecule has 0 fully saturated rings. The van der Waals surface area contributed by atoms with E-state index in [9.17, 15) is 9.59 Å². The summed E-state index contributed by atoms with van der Waals surface area (Å²) in [6.07, 6.45) is 0. The number of esters is 1. The third-order valence-electron chi connectivity index (χ3n) is 3.81. The van der Waals surface area contributed by atoms with E-state index < -0.39 is 12.0 Å². The highest BCUT2D eigenvalue weighted by molar-refractivity contribution is 6.00. The van der Waals surface area contributed by atoms with Crippen molar-refractivity contribution in [1.82, 2.24) is 5.32 Å². The molecule has 0 aliphatic heterocycles. The van der Waals surface area contributed by atoms with Crippen LogP contribution in [0.2, 0.25) is 0 Å². The highest BCUT2D eigenvalue weighted by Crippen LogP contribution is 2.17. The minimum atomic E-state index is -0.471. The summed E-state index contributed by atoms with van der Waals surface area (Å²) < 4.78 is 10.6. The largest absolute Gasteiger partial charge is 0.492 e. The van der Waals surface area contributed by atoms with Crippen molar-refractivity contribution < 1.29 is 19.1 Å². The van der Waals surface area contributed by atoms with Gasteiger partial charge in [-0.15, -0.1) is 0 Å². The Hall–Kier alpha value is -3.02. The fourth-order valence-electron chi connectivity index (χ4n) is 2.28. The first-order valence-electron chi connectivity index (χ1n) is 8.52. The number of benzene rings is 2. The van der Waals surface area contributed by atoms with Crippen LogP contribution >= 0.6 is 0 Å². The second-order valence-electron chi connectivity index (χ2n) is 5.74. The van der Waals surface area contributed by atoms with Crippen LogP contribution in [0.1, 0.15) is 28.4 Å². The van der Waals surface area contributed by atoms with E-state index in [1.807, 2.05) is 32.0 Å². The predicted molar refractivity (Wildman–Crippen MR) is 101 cm³/mol. The molecular formula is C20H24N2O4. The van der Waals surface area contributed by atoms with E-state index in [1.54, 1.807) is 31.2 Å². The van der Waals surface area contributed by atoms with Crippen LogP contribution in [-0.4, -0.2) is 31.8 Å². The van der Waals surface area contributed by atoms with Crippen molar-refractivity contribution in [3.05, 3.63) is 59.2 Å². The number of hydrogen-bond acceptors (Lipinski definition) is 4. The Morgan fingerprint density at radius 1 is 1.04 bits per heavy atom. The van der Waals surface area contributed by atoms with Crippen molar-refractivity contribution >= 4 is 17.7 Å². The van der Waals surface area contributed by atoms with Gasteiger partial charge in [0.1, 0.15) is 12.4 Å². The Morgan fingerprint density at radius 3 is 2.54 bits per heavy atom. The standard InChI is InChI=1S/C20H24N2O4/c1-4-25-19(23)17-7-5-6-8-18(17)22-20(24)21-11-12-26-16-10-9-14(2)15(3)13-16/h5-10,13H,4,11-12H2,1-3H3,(H2,21,22,24). The van der Waals surface area contributed by atoms with Gasteiger partial charge in [-0.05, 0) is 56.2 Å². The van der Waals surface area contributed by atoms with E-state index in [2.05, 4.69) is 10.6 Å². The molecule has 0 radical (unpaired) electrons. The molecule has 0 heterocycles. The first kappa shape index (κ1) is 19.3. The number of urea groups is 1. The quantitative estimate of drug-likeness (QED) is 0.586. The summed E-state index contributed by atoms with van der Waals surface area (Å²) >= 11 is 0. The third-order valence-corrected chi connectivity index (χ3v) is 3.81. The third kappa shape index (κ3) is 5.51. The molecule has 0 bridgehead atoms. The van der Waals surface area contributed by atoms with Crippen LogP contribution in [0.3, 0.4) is 0 Å². The predicted octanol–water partition coefficient (Wildman–Crippen LogP) is 3.68. The molecule has 2 N–H and O–H groups in total. The molecule has 138 valence electrons. The summed E-state index contributed by atoms with van der Waals surface area (Å²) in [6, 6.07) is 12.2. The van der Waals surface area contributed by atoms with Gasteiger partial charge >= 0.3 is 12.0 Å². The number of carbonyl (C=O) groups excluding carboxylic acids is 2. The van der Waals surface area contributed by atoms with Gasteiger partial charge < -0.3 is 20.1 Å². The van der Waals surface area contributed by atoms with Gasteiger partial charge in [0.25, 0.3) is 0 Å². The summed E-state index contributed by atoms with van der Waals surface area (Å²) in [4.78, 5) is 23.9. The highest BCUT2D eigenvalue weighted by atomic mass is 16.5. The summed E-state index contributed by atoms with van der Waals surface area (Å²) in [6.45, 7) is 6.75. The van der Waals surface area contributed by atoms with Crippen molar-refractivity contribution in [2.24, 2.45) is 0 Å². The average molecular weight is 356 g/mol. The smallest absolute Gasteiger partial charge is 0.340 e. The van der Waals surface area contributed by atoms with E-state index in [-0.39, 0.29) is 6.61 Å². The van der Waals surface area contributed by atoms with E-state index in [0.717, 1.165) is 11.3 Å². The number of para-hydroxylation sites is 1. The molecule has 0 aromatic heterocycles. The van der Waals surface area contributed by atoms with Crippen molar-refractivity contribution in [2.75, 3.05) is 25.1 Å². The molecule has 2 rings (SSSR count). The SMILES string of the molecule is CCOC(=O)c1ccccc1NC(=O)NCCOc1ccc(C)c(C)c1. The fourth-order valence-corrected chi connectivity index (χ4v) is 2.28. The molecule has 2 aromatic carbocycles. The van der Waals surface area contributed by atoms with Gasteiger partial charge in [-0.1, -0.05) is 18.2 Å². The van der Waals surface area contributed by atoms with Gasteiger partial charge in [0.05, 0.1) is 24.4 Å². The molecule has 26 heavy (non-hydrogen) atoms. The zero-order valence-electron chi connectivity index (χ0n) is 15.3. The lowest BCUT2D eigenvalue weighted by molar-refractivity contribution is 0.0527. The van der Waals surface area contributed by atoms with Crippen LogP contribution in [0.4, 0.5) is 10.5 Å². The van der Waals surface area contributed by atoms with Crippen molar-refractivity contribution in [2.45, 2.75) is 20.8 Å². The summed E-state index contributed by atoms with van der Waals surface area (Å²) in [5.41, 5.74) is 3.08. The summed E-state index contributed by atoms with van der Waals surface area (Å²) in [5.74, 6) is 0.296. The average Bonchev–Trinajstić information content (AvgIpc) is 2.62. The van der Waals surface area contributed by atoms with E-state index in [1.165, 1.54) is 5.56 Å². The Bertz CT molecular complexity index is 774. The van der Waals surface area contributed by atoms with Crippen molar-refractivity contribution in [3.63, 3.8) is 0 Å². The molecule has 2 amide bonds. The van der Waals surface area contributed by atoms with Crippen LogP contribution in [0.25, 0.3) is 0 Å². The molecule has 2 aromatic rings. The lowest BCUT2D eigenvalue weighted by atomic mass is 10.1. The summed E-state index contributed by atoms with van der Waals surface area (Å²) in [7, 11) is 0. The van der Waals surface area contributed by atoms with Gasteiger partial charge in [0, 0.05) is 0 Å². The number of anilines is 1. The molecule has 0 atom stereocenters. The molecule has 6 heteroatoms. The molecule has 0 saturated heterocycles. The molecule has 0 unspecified atom stereocenters. The lowest BCUT2D eigenvalue weighted by Crippen LogP contribution is -2.32. The zero-order chi connectivity index (χ0) is 18.9. The monoisotopic (exact) mass is 356 g/mol. The molecular weight excluding hydrogens is 332 g/mol. The molecule has 0 spiro atoms. The zero-order valence-corrected chi connectivity index (χ0v) is 15.3. The highest BCUT2D eigenvalue weighted by Gasteiger charge is 2.13. The van der Waals surface area contributed by atoms with Crippen LogP contribution in [-0.2, 0) is 4.74 Å². The van der Waals surface area contributed by atoms with E-state index in [4.69, 9.17) is 9.47 Å². The Labute approximate surface area is 153 Å². The number of hydrogen-bond donors (Lipinski definition) is 2. The lowest BCUT2D eigenvalue weighted by Gasteiger charge is -2.12. The summed E-state index contributed by atoms with van der Waals surface area (Å²) in [5, 5.41) is 5.36. The van der Waals surface area contributed by atoms with Crippen LogP contribution in [0.15, 0.2) is 42.5 Å². The maximum Gasteiger partial charge on any atom is 0.340 e. The number of ether oxygens (including phenoxy) is 2. The number of rotatable bonds is 7. The second kappa shape index (κ2) is 9.46. The minimum absolute atomic E-state index is 0.273. The molecule has 6 nitrogen and oxygen atoms in total. The maximum atomic E-state index is 12.0. The van der Waals surface area contributed by atoms with Crippen molar-refractivity contribution in [3.8, 4) is 5.75 Å². The minimum Gasteiger partial charge on any atom is -0.492 e. The second-order valence-corrected chi connectivity index (χ2v) is 5.74. The number of amides is 2. The topological polar surface area (TPSA) is 76.7 Å². The van der Waals surface area contributed by atoms with Gasteiger partial charge in [-0.2, -0.15) is 0 Å².